The van der Waals surface area contributed by atoms with Crippen LogP contribution in [-0.4, -0.2) is 69.6 Å². The smallest absolute Gasteiger partial charge is 0.243 e. The summed E-state index contributed by atoms with van der Waals surface area (Å²) in [6, 6.07) is 11.4. The number of morpholine rings is 1. The molecule has 0 spiro atoms. The molecule has 4 fully saturated rings. The highest BCUT2D eigenvalue weighted by Gasteiger charge is 2.58. The number of pyridine rings is 1. The van der Waals surface area contributed by atoms with Gasteiger partial charge in [0.1, 0.15) is 5.82 Å². The fourth-order valence-corrected chi connectivity index (χ4v) is 8.31. The Bertz CT molecular complexity index is 1300. The summed E-state index contributed by atoms with van der Waals surface area (Å²) in [5, 5.41) is 0. The largest absolute Gasteiger partial charge is 0.378 e. The number of benzene rings is 1. The van der Waals surface area contributed by atoms with Gasteiger partial charge in [0.05, 0.1) is 30.0 Å². The first-order valence-electron chi connectivity index (χ1n) is 14.8. The fraction of sp³-hybridized carbons (Fsp3) is 0.613. The average Bonchev–Trinajstić information content (AvgIpc) is 3.34. The van der Waals surface area contributed by atoms with Crippen LogP contribution in [0.2, 0.25) is 0 Å². The van der Waals surface area contributed by atoms with E-state index >= 15 is 0 Å². The molecule has 2 saturated heterocycles. The molecule has 1 amide bonds. The molecule has 0 N–H and O–H groups in total. The summed E-state index contributed by atoms with van der Waals surface area (Å²) in [5.74, 6) is 2.10. The van der Waals surface area contributed by atoms with Crippen LogP contribution in [0, 0.1) is 23.7 Å². The van der Waals surface area contributed by atoms with Crippen LogP contribution in [0.3, 0.4) is 0 Å². The van der Waals surface area contributed by atoms with Gasteiger partial charge in [-0.05, 0) is 65.8 Å². The number of carbonyl (C=O) groups is 1. The highest BCUT2D eigenvalue weighted by Crippen LogP contribution is 2.53. The molecular weight excluding hydrogens is 524 g/mol. The minimum absolute atomic E-state index is 0.0229. The van der Waals surface area contributed by atoms with Crippen molar-refractivity contribution >= 4 is 27.4 Å². The van der Waals surface area contributed by atoms with Crippen molar-refractivity contribution in [2.75, 3.05) is 55.7 Å². The minimum Gasteiger partial charge on any atom is -0.378 e. The number of ether oxygens (including phenoxy) is 1. The molecule has 2 unspecified atom stereocenters. The van der Waals surface area contributed by atoms with Crippen molar-refractivity contribution in [3.05, 3.63) is 48.2 Å². The molecule has 3 heterocycles. The van der Waals surface area contributed by atoms with Crippen LogP contribution in [-0.2, 0) is 25.0 Å². The molecule has 2 aromatic rings. The zero-order valence-corrected chi connectivity index (χ0v) is 24.8. The lowest BCUT2D eigenvalue weighted by atomic mass is 9.87. The Hall–Kier alpha value is -2.49. The fourth-order valence-electron chi connectivity index (χ4n) is 6.80. The Labute approximate surface area is 238 Å². The second kappa shape index (κ2) is 10.7. The summed E-state index contributed by atoms with van der Waals surface area (Å²) in [6.07, 6.45) is 5.96. The van der Waals surface area contributed by atoms with Gasteiger partial charge in [-0.15, -0.1) is 0 Å². The molecule has 1 aromatic heterocycles. The van der Waals surface area contributed by atoms with Gasteiger partial charge in [0.2, 0.25) is 15.9 Å². The van der Waals surface area contributed by atoms with E-state index in [0.29, 0.717) is 55.5 Å². The molecule has 40 heavy (non-hydrogen) atoms. The average molecular weight is 567 g/mol. The van der Waals surface area contributed by atoms with Crippen LogP contribution < -0.4 is 9.80 Å². The van der Waals surface area contributed by atoms with Crippen molar-refractivity contribution < 1.29 is 17.9 Å². The molecule has 2 aliphatic carbocycles. The van der Waals surface area contributed by atoms with Gasteiger partial charge >= 0.3 is 0 Å². The number of hydrogen-bond acceptors (Lipinski definition) is 6. The highest BCUT2D eigenvalue weighted by molar-refractivity contribution is 7.89. The molecule has 1 aromatic carbocycles. The highest BCUT2D eigenvalue weighted by atomic mass is 32.2. The monoisotopic (exact) mass is 566 g/mol. The number of piperidine rings is 1. The van der Waals surface area contributed by atoms with Crippen molar-refractivity contribution in [2.24, 2.45) is 23.7 Å². The molecule has 2 atom stereocenters. The first-order chi connectivity index (χ1) is 19.1. The Morgan fingerprint density at radius 3 is 2.23 bits per heavy atom. The van der Waals surface area contributed by atoms with Crippen molar-refractivity contribution in [2.45, 2.75) is 56.8 Å². The lowest BCUT2D eigenvalue weighted by Crippen LogP contribution is -2.39. The second-order valence-electron chi connectivity index (χ2n) is 13.0. The van der Waals surface area contributed by atoms with E-state index < -0.39 is 10.0 Å². The predicted molar refractivity (Wildman–Crippen MR) is 156 cm³/mol. The molecule has 216 valence electrons. The topological polar surface area (TPSA) is 83.1 Å². The quantitative estimate of drug-likeness (QED) is 0.497. The number of hydrogen-bond donors (Lipinski definition) is 0. The van der Waals surface area contributed by atoms with E-state index in [1.54, 1.807) is 16.4 Å². The van der Waals surface area contributed by atoms with E-state index in [1.807, 2.05) is 35.4 Å². The Morgan fingerprint density at radius 2 is 1.65 bits per heavy atom. The maximum Gasteiger partial charge on any atom is 0.243 e. The van der Waals surface area contributed by atoms with Crippen molar-refractivity contribution in [1.29, 1.82) is 0 Å². The zero-order chi connectivity index (χ0) is 28.1. The van der Waals surface area contributed by atoms with E-state index in [0.717, 1.165) is 55.8 Å². The summed E-state index contributed by atoms with van der Waals surface area (Å²) in [6.45, 7) is 11.1. The van der Waals surface area contributed by atoms with Gasteiger partial charge in [0.25, 0.3) is 0 Å². The van der Waals surface area contributed by atoms with Crippen LogP contribution in [0.5, 0.6) is 0 Å². The van der Waals surface area contributed by atoms with Crippen LogP contribution in [0.4, 0.5) is 11.5 Å². The number of carbonyl (C=O) groups excluding carboxylic acids is 1. The summed E-state index contributed by atoms with van der Waals surface area (Å²) in [7, 11) is -3.52. The maximum absolute atomic E-state index is 13.7. The van der Waals surface area contributed by atoms with Crippen LogP contribution >= 0.6 is 0 Å². The van der Waals surface area contributed by atoms with E-state index in [-0.39, 0.29) is 17.2 Å². The standard InChI is InChI=1S/C31H42N4O4S/c1-31(2,3)23-8-11-25(12-9-23)40(37,38)34-19-26-27(20-34)28(26)21-35(30(36)22-6-4-5-7-22)24-10-13-29(32-18-24)33-14-16-39-17-15-33/h8-13,18,22,26-28H,4-7,14-17,19-21H2,1-3H3. The summed E-state index contributed by atoms with van der Waals surface area (Å²) >= 11 is 0. The SMILES string of the molecule is CC(C)(C)c1ccc(S(=O)(=O)N2CC3C(CN(C(=O)C4CCCC4)c4ccc(N5CCOCC5)nc4)C3C2)cc1. The van der Waals surface area contributed by atoms with Gasteiger partial charge < -0.3 is 14.5 Å². The molecule has 0 radical (unpaired) electrons. The third-order valence-electron chi connectivity index (χ3n) is 9.44. The number of rotatable bonds is 7. The number of sulfonamides is 1. The maximum atomic E-state index is 13.7. The van der Waals surface area contributed by atoms with Crippen LogP contribution in [0.1, 0.15) is 52.0 Å². The lowest BCUT2D eigenvalue weighted by Gasteiger charge is -2.30. The third kappa shape index (κ3) is 5.40. The normalized spacial score (nSPS) is 25.7. The summed E-state index contributed by atoms with van der Waals surface area (Å²) in [5.41, 5.74) is 1.95. The molecular formula is C31H42N4O4S. The van der Waals surface area contributed by atoms with E-state index in [2.05, 4.69) is 25.7 Å². The van der Waals surface area contributed by atoms with Crippen LogP contribution in [0.15, 0.2) is 47.5 Å². The van der Waals surface area contributed by atoms with Crippen molar-refractivity contribution in [3.63, 3.8) is 0 Å². The van der Waals surface area contributed by atoms with Crippen molar-refractivity contribution in [3.8, 4) is 0 Å². The number of fused-ring (bicyclic) bond motifs is 1. The van der Waals surface area contributed by atoms with E-state index in [1.165, 1.54) is 0 Å². The first-order valence-corrected chi connectivity index (χ1v) is 16.3. The number of amides is 1. The molecule has 4 aliphatic rings. The molecule has 2 aliphatic heterocycles. The molecule has 0 bridgehead atoms. The first kappa shape index (κ1) is 27.7. The number of aromatic nitrogens is 1. The van der Waals surface area contributed by atoms with Gasteiger partial charge in [-0.25, -0.2) is 13.4 Å². The van der Waals surface area contributed by atoms with E-state index in [9.17, 15) is 13.2 Å². The molecule has 6 rings (SSSR count). The summed E-state index contributed by atoms with van der Waals surface area (Å²) < 4.78 is 33.9. The third-order valence-corrected chi connectivity index (χ3v) is 11.3. The molecule has 8 nitrogen and oxygen atoms in total. The Balaban J connectivity index is 1.13. The summed E-state index contributed by atoms with van der Waals surface area (Å²) in [4.78, 5) is 22.9. The lowest BCUT2D eigenvalue weighted by molar-refractivity contribution is -0.122. The minimum atomic E-state index is -3.52. The second-order valence-corrected chi connectivity index (χ2v) is 14.9. The van der Waals surface area contributed by atoms with Gasteiger partial charge in [0.15, 0.2) is 0 Å². The van der Waals surface area contributed by atoms with E-state index in [4.69, 9.17) is 9.72 Å². The number of anilines is 2. The Morgan fingerprint density at radius 1 is 1.00 bits per heavy atom. The Kier molecular flexibility index (Phi) is 7.42. The van der Waals surface area contributed by atoms with Gasteiger partial charge in [-0.3, -0.25) is 4.79 Å². The predicted octanol–water partition coefficient (Wildman–Crippen LogP) is 4.31. The van der Waals surface area contributed by atoms with Crippen molar-refractivity contribution in [1.82, 2.24) is 9.29 Å². The van der Waals surface area contributed by atoms with Gasteiger partial charge in [-0.2, -0.15) is 4.31 Å². The van der Waals surface area contributed by atoms with Gasteiger partial charge in [-0.1, -0.05) is 45.7 Å². The van der Waals surface area contributed by atoms with Crippen LogP contribution in [0.25, 0.3) is 0 Å². The van der Waals surface area contributed by atoms with Gasteiger partial charge in [0, 0.05) is 38.6 Å². The number of nitrogens with zero attached hydrogens (tertiary/aromatic N) is 4. The molecule has 2 saturated carbocycles. The molecule has 9 heteroatoms. The zero-order valence-electron chi connectivity index (χ0n) is 24.0.